The molecular weight excluding hydrogens is 272 g/mol. The smallest absolute Gasteiger partial charge is 0.230 e. The zero-order chi connectivity index (χ0) is 15.0. The third-order valence-corrected chi connectivity index (χ3v) is 3.30. The molecule has 0 radical (unpaired) electrons. The summed E-state index contributed by atoms with van der Waals surface area (Å²) >= 11 is 5.02. The molecule has 0 fully saturated rings. The van der Waals surface area contributed by atoms with Gasteiger partial charge in [-0.25, -0.2) is 0 Å². The largest absolute Gasteiger partial charge is 0.393 e. The highest BCUT2D eigenvalue weighted by atomic mass is 32.1. The van der Waals surface area contributed by atoms with E-state index in [1.165, 1.54) is 0 Å². The average Bonchev–Trinajstić information content (AvgIpc) is 2.43. The van der Waals surface area contributed by atoms with Crippen LogP contribution in [0.3, 0.4) is 0 Å². The number of hydrogen-bond acceptors (Lipinski definition) is 3. The van der Waals surface area contributed by atoms with Crippen LogP contribution in [0.1, 0.15) is 12.5 Å². The first kappa shape index (κ1) is 16.6. The van der Waals surface area contributed by atoms with Crippen LogP contribution in [0, 0.1) is 11.8 Å². The van der Waals surface area contributed by atoms with Crippen molar-refractivity contribution in [3.63, 3.8) is 0 Å². The van der Waals surface area contributed by atoms with Gasteiger partial charge in [0.15, 0.2) is 0 Å². The molecule has 1 rings (SSSR count). The molecule has 0 aliphatic carbocycles. The van der Waals surface area contributed by atoms with Gasteiger partial charge in [0.2, 0.25) is 5.91 Å². The Labute approximate surface area is 125 Å². The second-order valence-electron chi connectivity index (χ2n) is 4.95. The zero-order valence-corrected chi connectivity index (χ0v) is 12.8. The van der Waals surface area contributed by atoms with Gasteiger partial charge in [0, 0.05) is 13.7 Å². The van der Waals surface area contributed by atoms with E-state index in [4.69, 9.17) is 22.7 Å². The van der Waals surface area contributed by atoms with Crippen LogP contribution in [0.2, 0.25) is 0 Å². The Morgan fingerprint density at radius 3 is 2.60 bits per heavy atom. The molecule has 2 atom stereocenters. The SMILES string of the molecule is COCC(C)CNC(=O)C(Cc1ccccc1)C(N)=S. The van der Waals surface area contributed by atoms with Crippen molar-refractivity contribution in [3.05, 3.63) is 35.9 Å². The third-order valence-electron chi connectivity index (χ3n) is 3.02. The van der Waals surface area contributed by atoms with Crippen LogP contribution in [-0.2, 0) is 16.0 Å². The van der Waals surface area contributed by atoms with E-state index in [0.29, 0.717) is 19.6 Å². The second-order valence-corrected chi connectivity index (χ2v) is 5.42. The fraction of sp³-hybridized carbons (Fsp3) is 0.467. The molecule has 1 aromatic carbocycles. The van der Waals surface area contributed by atoms with Gasteiger partial charge in [-0.05, 0) is 17.9 Å². The minimum atomic E-state index is -0.470. The molecule has 0 saturated carbocycles. The van der Waals surface area contributed by atoms with Crippen LogP contribution in [0.25, 0.3) is 0 Å². The number of ether oxygens (including phenoxy) is 1. The molecule has 0 heterocycles. The summed E-state index contributed by atoms with van der Waals surface area (Å²) < 4.78 is 5.04. The van der Waals surface area contributed by atoms with Gasteiger partial charge in [-0.15, -0.1) is 0 Å². The van der Waals surface area contributed by atoms with Crippen LogP contribution in [0.5, 0.6) is 0 Å². The summed E-state index contributed by atoms with van der Waals surface area (Å²) in [5, 5.41) is 2.88. The number of methoxy groups -OCH3 is 1. The number of thiocarbonyl (C=S) groups is 1. The predicted octanol–water partition coefficient (Wildman–Crippen LogP) is 1.53. The summed E-state index contributed by atoms with van der Waals surface area (Å²) in [6.07, 6.45) is 0.528. The first-order valence-electron chi connectivity index (χ1n) is 6.64. The van der Waals surface area contributed by atoms with Gasteiger partial charge >= 0.3 is 0 Å². The van der Waals surface area contributed by atoms with E-state index < -0.39 is 5.92 Å². The average molecular weight is 294 g/mol. The lowest BCUT2D eigenvalue weighted by Gasteiger charge is -2.17. The zero-order valence-electron chi connectivity index (χ0n) is 12.0. The van der Waals surface area contributed by atoms with E-state index in [9.17, 15) is 4.79 Å². The molecular formula is C15H22N2O2S. The molecule has 2 unspecified atom stereocenters. The Bertz CT molecular complexity index is 437. The van der Waals surface area contributed by atoms with Gasteiger partial charge in [-0.3, -0.25) is 4.79 Å². The highest BCUT2D eigenvalue weighted by Crippen LogP contribution is 2.10. The Balaban J connectivity index is 2.57. The molecule has 0 bridgehead atoms. The van der Waals surface area contributed by atoms with Gasteiger partial charge in [0.25, 0.3) is 0 Å². The molecule has 20 heavy (non-hydrogen) atoms. The topological polar surface area (TPSA) is 64.3 Å². The summed E-state index contributed by atoms with van der Waals surface area (Å²) in [5.74, 6) is -0.334. The second kappa shape index (κ2) is 8.66. The lowest BCUT2D eigenvalue weighted by atomic mass is 9.98. The molecule has 1 amide bonds. The summed E-state index contributed by atoms with van der Waals surface area (Å²) in [5.41, 5.74) is 6.74. The quantitative estimate of drug-likeness (QED) is 0.714. The molecule has 0 saturated heterocycles. The van der Waals surface area contributed by atoms with Crippen molar-refractivity contribution < 1.29 is 9.53 Å². The molecule has 1 aromatic rings. The third kappa shape index (κ3) is 5.67. The van der Waals surface area contributed by atoms with Crippen molar-refractivity contribution >= 4 is 23.1 Å². The van der Waals surface area contributed by atoms with Crippen molar-refractivity contribution in [3.8, 4) is 0 Å². The van der Waals surface area contributed by atoms with Crippen LogP contribution in [0.15, 0.2) is 30.3 Å². The van der Waals surface area contributed by atoms with Gasteiger partial charge in [0.1, 0.15) is 0 Å². The van der Waals surface area contributed by atoms with Gasteiger partial charge in [-0.2, -0.15) is 0 Å². The molecule has 3 N–H and O–H groups in total. The van der Waals surface area contributed by atoms with Crippen LogP contribution in [-0.4, -0.2) is 31.2 Å². The Morgan fingerprint density at radius 2 is 2.05 bits per heavy atom. The van der Waals surface area contributed by atoms with E-state index >= 15 is 0 Å². The van der Waals surface area contributed by atoms with Crippen molar-refractivity contribution in [2.75, 3.05) is 20.3 Å². The number of nitrogens with one attached hydrogen (secondary N) is 1. The summed E-state index contributed by atoms with van der Waals surface area (Å²) in [4.78, 5) is 12.4. The van der Waals surface area contributed by atoms with Crippen LogP contribution >= 0.6 is 12.2 Å². The highest BCUT2D eigenvalue weighted by Gasteiger charge is 2.22. The molecule has 0 spiro atoms. The Kier molecular flexibility index (Phi) is 7.18. The Morgan fingerprint density at radius 1 is 1.40 bits per heavy atom. The van der Waals surface area contributed by atoms with Crippen molar-refractivity contribution in [2.45, 2.75) is 13.3 Å². The minimum absolute atomic E-state index is 0.121. The van der Waals surface area contributed by atoms with Gasteiger partial charge in [0.05, 0.1) is 17.5 Å². The van der Waals surface area contributed by atoms with Crippen LogP contribution in [0.4, 0.5) is 0 Å². The summed E-state index contributed by atoms with van der Waals surface area (Å²) in [7, 11) is 1.64. The first-order chi connectivity index (χ1) is 9.54. The van der Waals surface area contributed by atoms with Crippen molar-refractivity contribution in [2.24, 2.45) is 17.6 Å². The number of hydrogen-bond donors (Lipinski definition) is 2. The van der Waals surface area contributed by atoms with Crippen molar-refractivity contribution in [1.29, 1.82) is 0 Å². The number of nitrogens with two attached hydrogens (primary N) is 1. The molecule has 110 valence electrons. The standard InChI is InChI=1S/C15H22N2O2S/c1-11(10-19-2)9-17-15(18)13(14(16)20)8-12-6-4-3-5-7-12/h3-7,11,13H,8-10H2,1-2H3,(H2,16,20)(H,17,18). The highest BCUT2D eigenvalue weighted by molar-refractivity contribution is 7.80. The number of amides is 1. The summed E-state index contributed by atoms with van der Waals surface area (Å²) in [6, 6.07) is 9.74. The lowest BCUT2D eigenvalue weighted by molar-refractivity contribution is -0.123. The maximum absolute atomic E-state index is 12.2. The van der Waals surface area contributed by atoms with Gasteiger partial charge in [-0.1, -0.05) is 49.5 Å². The first-order valence-corrected chi connectivity index (χ1v) is 7.05. The van der Waals surface area contributed by atoms with Crippen LogP contribution < -0.4 is 11.1 Å². The maximum atomic E-state index is 12.2. The van der Waals surface area contributed by atoms with E-state index in [1.807, 2.05) is 37.3 Å². The van der Waals surface area contributed by atoms with Gasteiger partial charge < -0.3 is 15.8 Å². The number of carbonyl (C=O) groups is 1. The maximum Gasteiger partial charge on any atom is 0.230 e. The molecule has 0 aromatic heterocycles. The molecule has 0 aliphatic rings. The van der Waals surface area contributed by atoms with E-state index in [-0.39, 0.29) is 16.8 Å². The monoisotopic (exact) mass is 294 g/mol. The fourth-order valence-corrected chi connectivity index (χ4v) is 2.10. The number of rotatable bonds is 8. The fourth-order valence-electron chi connectivity index (χ4n) is 1.91. The Hall–Kier alpha value is -1.46. The summed E-state index contributed by atoms with van der Waals surface area (Å²) in [6.45, 7) is 3.17. The van der Waals surface area contributed by atoms with E-state index in [1.54, 1.807) is 7.11 Å². The predicted molar refractivity (Wildman–Crippen MR) is 84.5 cm³/mol. The number of carbonyl (C=O) groups excluding carboxylic acids is 1. The molecule has 0 aliphatic heterocycles. The lowest BCUT2D eigenvalue weighted by Crippen LogP contribution is -2.41. The van der Waals surface area contributed by atoms with Crippen molar-refractivity contribution in [1.82, 2.24) is 5.32 Å². The molecule has 5 heteroatoms. The van der Waals surface area contributed by atoms with E-state index in [0.717, 1.165) is 5.56 Å². The minimum Gasteiger partial charge on any atom is -0.393 e. The normalized spacial score (nSPS) is 13.5. The van der Waals surface area contributed by atoms with E-state index in [2.05, 4.69) is 5.32 Å². The number of benzene rings is 1. The molecule has 4 nitrogen and oxygen atoms in total.